The molecule has 1 aliphatic rings. The summed E-state index contributed by atoms with van der Waals surface area (Å²) in [6.45, 7) is 5.83. The number of hydrogen-bond acceptors (Lipinski definition) is 4. The average molecular weight is 476 g/mol. The fraction of sp³-hybridized carbons (Fsp3) is 0.556. The van der Waals surface area contributed by atoms with E-state index in [1.807, 2.05) is 19.1 Å². The van der Waals surface area contributed by atoms with Gasteiger partial charge < -0.3 is 25.0 Å². The Labute approximate surface area is 172 Å². The van der Waals surface area contributed by atoms with Crippen LogP contribution in [0, 0.1) is 0 Å². The van der Waals surface area contributed by atoms with Crippen molar-refractivity contribution in [2.75, 3.05) is 46.4 Å². The Morgan fingerprint density at radius 2 is 1.81 bits per heavy atom. The molecule has 1 aromatic rings. The van der Waals surface area contributed by atoms with Crippen LogP contribution in [0.15, 0.2) is 29.3 Å². The van der Waals surface area contributed by atoms with Crippen LogP contribution in [0.5, 0.6) is 5.75 Å². The van der Waals surface area contributed by atoms with Crippen molar-refractivity contribution >= 4 is 36.0 Å². The number of phenols is 1. The van der Waals surface area contributed by atoms with Gasteiger partial charge in [-0.15, -0.1) is 24.0 Å². The number of benzene rings is 1. The Morgan fingerprint density at radius 1 is 1.19 bits per heavy atom. The lowest BCUT2D eigenvalue weighted by Gasteiger charge is -2.35. The largest absolute Gasteiger partial charge is 0.508 e. The second kappa shape index (κ2) is 11.8. The normalized spacial score (nSPS) is 14.6. The second-order valence-corrected chi connectivity index (χ2v) is 5.92. The number of ether oxygens (including phenoxy) is 1. The number of amides is 1. The number of carbonyl (C=O) groups excluding carboxylic acids is 1. The molecule has 0 spiro atoms. The smallest absolute Gasteiger partial charge is 0.409 e. The van der Waals surface area contributed by atoms with E-state index in [-0.39, 0.29) is 30.1 Å². The molecule has 1 amide bonds. The van der Waals surface area contributed by atoms with Crippen molar-refractivity contribution in [2.24, 2.45) is 4.99 Å². The summed E-state index contributed by atoms with van der Waals surface area (Å²) in [5.74, 6) is 1.17. The molecule has 0 unspecified atom stereocenters. The van der Waals surface area contributed by atoms with Crippen molar-refractivity contribution in [2.45, 2.75) is 19.8 Å². The van der Waals surface area contributed by atoms with Gasteiger partial charge in [0.25, 0.3) is 0 Å². The molecule has 8 heteroatoms. The minimum Gasteiger partial charge on any atom is -0.508 e. The number of aryl methyl sites for hydroxylation is 1. The van der Waals surface area contributed by atoms with E-state index in [2.05, 4.69) is 15.2 Å². The maximum absolute atomic E-state index is 11.7. The predicted molar refractivity (Wildman–Crippen MR) is 113 cm³/mol. The average Bonchev–Trinajstić information content (AvgIpc) is 2.64. The first-order valence-corrected chi connectivity index (χ1v) is 8.79. The number of halogens is 1. The number of rotatable bonds is 5. The van der Waals surface area contributed by atoms with Crippen LogP contribution in [0.1, 0.15) is 18.9 Å². The van der Waals surface area contributed by atoms with Gasteiger partial charge >= 0.3 is 6.09 Å². The Bertz CT molecular complexity index is 572. The highest BCUT2D eigenvalue weighted by atomic mass is 127. The van der Waals surface area contributed by atoms with Gasteiger partial charge in [-0.25, -0.2) is 4.79 Å². The Kier molecular flexibility index (Phi) is 10.2. The van der Waals surface area contributed by atoms with Gasteiger partial charge in [-0.1, -0.05) is 12.1 Å². The number of phenolic OH excluding ortho intramolecular Hbond substituents is 1. The summed E-state index contributed by atoms with van der Waals surface area (Å²) in [5, 5.41) is 12.7. The van der Waals surface area contributed by atoms with E-state index in [1.165, 1.54) is 5.56 Å². The van der Waals surface area contributed by atoms with Gasteiger partial charge in [-0.05, 0) is 37.5 Å². The monoisotopic (exact) mass is 476 g/mol. The first kappa shape index (κ1) is 22.3. The van der Waals surface area contributed by atoms with E-state index in [0.717, 1.165) is 38.4 Å². The maximum atomic E-state index is 11.7. The van der Waals surface area contributed by atoms with Crippen LogP contribution in [0.4, 0.5) is 4.79 Å². The van der Waals surface area contributed by atoms with Crippen LogP contribution in [0.2, 0.25) is 0 Å². The van der Waals surface area contributed by atoms with E-state index in [1.54, 1.807) is 24.1 Å². The molecule has 0 bridgehead atoms. The fourth-order valence-corrected chi connectivity index (χ4v) is 2.80. The third-order valence-corrected chi connectivity index (χ3v) is 4.18. The maximum Gasteiger partial charge on any atom is 0.409 e. The molecular formula is C18H29IN4O3. The summed E-state index contributed by atoms with van der Waals surface area (Å²) in [6.07, 6.45) is 1.69. The van der Waals surface area contributed by atoms with Gasteiger partial charge in [0, 0.05) is 39.8 Å². The molecular weight excluding hydrogens is 447 g/mol. The van der Waals surface area contributed by atoms with Gasteiger partial charge in [0.2, 0.25) is 0 Å². The van der Waals surface area contributed by atoms with Crippen molar-refractivity contribution in [3.63, 3.8) is 0 Å². The molecule has 0 saturated carbocycles. The van der Waals surface area contributed by atoms with Crippen LogP contribution in [0.25, 0.3) is 0 Å². The summed E-state index contributed by atoms with van der Waals surface area (Å²) in [5.41, 5.74) is 1.21. The molecule has 1 aliphatic heterocycles. The quantitative estimate of drug-likeness (QED) is 0.295. The van der Waals surface area contributed by atoms with Gasteiger partial charge in [-0.2, -0.15) is 0 Å². The third kappa shape index (κ3) is 6.89. The van der Waals surface area contributed by atoms with Crippen LogP contribution in [0.3, 0.4) is 0 Å². The summed E-state index contributed by atoms with van der Waals surface area (Å²) >= 11 is 0. The molecule has 0 aliphatic carbocycles. The summed E-state index contributed by atoms with van der Waals surface area (Å²) in [4.78, 5) is 20.0. The Balaban J connectivity index is 0.00000338. The number of nitrogens with one attached hydrogen (secondary N) is 1. The number of nitrogens with zero attached hydrogens (tertiary/aromatic N) is 3. The van der Waals surface area contributed by atoms with E-state index in [0.29, 0.717) is 25.4 Å². The molecule has 26 heavy (non-hydrogen) atoms. The summed E-state index contributed by atoms with van der Waals surface area (Å²) in [7, 11) is 1.78. The number of piperazine rings is 1. The molecule has 0 radical (unpaired) electrons. The van der Waals surface area contributed by atoms with Crippen molar-refractivity contribution in [3.8, 4) is 5.75 Å². The Morgan fingerprint density at radius 3 is 2.38 bits per heavy atom. The van der Waals surface area contributed by atoms with Gasteiger partial charge in [0.1, 0.15) is 5.75 Å². The summed E-state index contributed by atoms with van der Waals surface area (Å²) in [6, 6.07) is 7.31. The minimum absolute atomic E-state index is 0. The zero-order valence-corrected chi connectivity index (χ0v) is 17.8. The van der Waals surface area contributed by atoms with Crippen molar-refractivity contribution in [3.05, 3.63) is 29.8 Å². The highest BCUT2D eigenvalue weighted by Crippen LogP contribution is 2.11. The molecule has 0 atom stereocenters. The molecule has 7 nitrogen and oxygen atoms in total. The van der Waals surface area contributed by atoms with Gasteiger partial charge in [0.15, 0.2) is 5.96 Å². The van der Waals surface area contributed by atoms with Crippen LogP contribution in [-0.4, -0.2) is 73.3 Å². The van der Waals surface area contributed by atoms with Crippen molar-refractivity contribution in [1.29, 1.82) is 0 Å². The van der Waals surface area contributed by atoms with Crippen LogP contribution < -0.4 is 5.32 Å². The van der Waals surface area contributed by atoms with Crippen molar-refractivity contribution in [1.82, 2.24) is 15.1 Å². The number of hydrogen-bond donors (Lipinski definition) is 2. The van der Waals surface area contributed by atoms with Crippen LogP contribution in [-0.2, 0) is 11.2 Å². The number of aliphatic imine (C=N–C) groups is 1. The van der Waals surface area contributed by atoms with E-state index in [4.69, 9.17) is 4.74 Å². The van der Waals surface area contributed by atoms with E-state index >= 15 is 0 Å². The van der Waals surface area contributed by atoms with Gasteiger partial charge in [-0.3, -0.25) is 4.99 Å². The fourth-order valence-electron chi connectivity index (χ4n) is 2.80. The molecule has 0 aromatic heterocycles. The molecule has 2 rings (SSSR count). The predicted octanol–water partition coefficient (Wildman–Crippen LogP) is 2.29. The molecule has 1 saturated heterocycles. The molecule has 146 valence electrons. The number of aromatic hydroxyl groups is 1. The second-order valence-electron chi connectivity index (χ2n) is 5.92. The SMILES string of the molecule is CCOC(=O)N1CCN(C(=NC)NCCCc2ccc(O)cc2)CC1.I. The third-order valence-electron chi connectivity index (χ3n) is 4.18. The first-order chi connectivity index (χ1) is 12.1. The molecule has 1 fully saturated rings. The molecule has 2 N–H and O–H groups in total. The highest BCUT2D eigenvalue weighted by Gasteiger charge is 2.23. The standard InChI is InChI=1S/C18H28N4O3.HI/c1-3-25-18(24)22-13-11-21(12-14-22)17(19-2)20-10-4-5-15-6-8-16(23)9-7-15;/h6-9,23H,3-5,10-14H2,1-2H3,(H,19,20);1H. The van der Waals surface area contributed by atoms with Crippen LogP contribution >= 0.6 is 24.0 Å². The molecule has 1 aromatic carbocycles. The number of guanidine groups is 1. The van der Waals surface area contributed by atoms with Crippen molar-refractivity contribution < 1.29 is 14.6 Å². The lowest BCUT2D eigenvalue weighted by molar-refractivity contribution is 0.0914. The van der Waals surface area contributed by atoms with Gasteiger partial charge in [0.05, 0.1) is 6.61 Å². The summed E-state index contributed by atoms with van der Waals surface area (Å²) < 4.78 is 5.04. The lowest BCUT2D eigenvalue weighted by Crippen LogP contribution is -2.54. The van der Waals surface area contributed by atoms with E-state index in [9.17, 15) is 9.90 Å². The molecule has 1 heterocycles. The lowest BCUT2D eigenvalue weighted by atomic mass is 10.1. The number of carbonyl (C=O) groups is 1. The van der Waals surface area contributed by atoms with E-state index < -0.39 is 0 Å². The zero-order chi connectivity index (χ0) is 18.1. The highest BCUT2D eigenvalue weighted by molar-refractivity contribution is 14.0. The topological polar surface area (TPSA) is 77.4 Å². The first-order valence-electron chi connectivity index (χ1n) is 8.79. The Hall–Kier alpha value is -1.71. The zero-order valence-electron chi connectivity index (χ0n) is 15.5. The minimum atomic E-state index is -0.237.